The molecule has 3 saturated heterocycles. The Labute approximate surface area is 155 Å². The number of fused-ring (bicyclic) bond motifs is 6. The molecular weight excluding hydrogens is 346 g/mol. The SMILES string of the molecule is O=C1[C@H]2[C@@H](C(=O)N1c1cccc3ccccc13)[C@@]1(C3OCCO3)C=C[C@H]2O1. The standard InChI is InChI=1S/C21H17NO5/c23-18-16-15-8-9-21(27-15,20-25-10-11-26-20)17(16)19(24)22(18)14-7-3-5-12-4-1-2-6-13(12)14/h1-9,15-17,20H,10-11H2/t15-,16-,17+,21-/m1/s1. The Balaban J connectivity index is 1.48. The van der Waals surface area contributed by atoms with E-state index in [1.807, 2.05) is 54.6 Å². The van der Waals surface area contributed by atoms with Crippen LogP contribution in [0.25, 0.3) is 10.8 Å². The maximum atomic E-state index is 13.5. The lowest BCUT2D eigenvalue weighted by Gasteiger charge is -2.32. The Morgan fingerprint density at radius 3 is 2.59 bits per heavy atom. The predicted octanol–water partition coefficient (Wildman–Crippen LogP) is 2.03. The molecule has 0 spiro atoms. The van der Waals surface area contributed by atoms with Gasteiger partial charge in [0.15, 0.2) is 11.9 Å². The van der Waals surface area contributed by atoms with E-state index in [1.54, 1.807) is 0 Å². The van der Waals surface area contributed by atoms with Crippen LogP contribution in [0, 0.1) is 11.8 Å². The number of ether oxygens (including phenoxy) is 3. The highest BCUT2D eigenvalue weighted by Crippen LogP contribution is 2.55. The molecule has 27 heavy (non-hydrogen) atoms. The summed E-state index contributed by atoms with van der Waals surface area (Å²) in [4.78, 5) is 28.1. The lowest BCUT2D eigenvalue weighted by molar-refractivity contribution is -0.180. The van der Waals surface area contributed by atoms with Gasteiger partial charge in [-0.25, -0.2) is 4.90 Å². The van der Waals surface area contributed by atoms with Gasteiger partial charge in [0, 0.05) is 5.39 Å². The van der Waals surface area contributed by atoms with Crippen LogP contribution in [0.1, 0.15) is 0 Å². The zero-order chi connectivity index (χ0) is 18.2. The number of rotatable bonds is 2. The molecule has 0 N–H and O–H groups in total. The molecule has 0 unspecified atom stereocenters. The van der Waals surface area contributed by atoms with Crippen molar-refractivity contribution in [1.82, 2.24) is 0 Å². The minimum Gasteiger partial charge on any atom is -0.357 e. The van der Waals surface area contributed by atoms with E-state index >= 15 is 0 Å². The molecule has 4 atom stereocenters. The summed E-state index contributed by atoms with van der Waals surface area (Å²) in [7, 11) is 0. The van der Waals surface area contributed by atoms with Crippen LogP contribution in [0.15, 0.2) is 54.6 Å². The van der Waals surface area contributed by atoms with Gasteiger partial charge < -0.3 is 14.2 Å². The van der Waals surface area contributed by atoms with E-state index in [1.165, 1.54) is 4.90 Å². The maximum Gasteiger partial charge on any atom is 0.241 e. The fourth-order valence-corrected chi connectivity index (χ4v) is 4.97. The van der Waals surface area contributed by atoms with Crippen molar-refractivity contribution < 1.29 is 23.8 Å². The fourth-order valence-electron chi connectivity index (χ4n) is 4.97. The molecule has 0 aromatic heterocycles. The number of imide groups is 1. The summed E-state index contributed by atoms with van der Waals surface area (Å²) >= 11 is 0. The van der Waals surface area contributed by atoms with E-state index in [9.17, 15) is 9.59 Å². The van der Waals surface area contributed by atoms with E-state index in [2.05, 4.69) is 0 Å². The third-order valence-electron chi connectivity index (χ3n) is 6.08. The Kier molecular flexibility index (Phi) is 3.02. The number of carbonyl (C=O) groups is 2. The van der Waals surface area contributed by atoms with E-state index in [-0.39, 0.29) is 11.8 Å². The third-order valence-corrected chi connectivity index (χ3v) is 6.08. The summed E-state index contributed by atoms with van der Waals surface area (Å²) < 4.78 is 17.5. The first-order valence-corrected chi connectivity index (χ1v) is 9.17. The second kappa shape index (κ2) is 5.25. The Morgan fingerprint density at radius 1 is 0.963 bits per heavy atom. The summed E-state index contributed by atoms with van der Waals surface area (Å²) in [6.07, 6.45) is 2.65. The van der Waals surface area contributed by atoms with Crippen LogP contribution < -0.4 is 4.90 Å². The lowest BCUT2D eigenvalue weighted by Crippen LogP contribution is -2.49. The smallest absolute Gasteiger partial charge is 0.241 e. The summed E-state index contributed by atoms with van der Waals surface area (Å²) in [6, 6.07) is 13.4. The van der Waals surface area contributed by atoms with Gasteiger partial charge in [0.1, 0.15) is 0 Å². The zero-order valence-electron chi connectivity index (χ0n) is 14.4. The number of hydrogen-bond acceptors (Lipinski definition) is 5. The summed E-state index contributed by atoms with van der Waals surface area (Å²) in [5, 5.41) is 1.87. The van der Waals surface area contributed by atoms with E-state index in [4.69, 9.17) is 14.2 Å². The first kappa shape index (κ1) is 15.5. The molecule has 6 nitrogen and oxygen atoms in total. The van der Waals surface area contributed by atoms with Crippen molar-refractivity contribution in [2.45, 2.75) is 18.0 Å². The highest BCUT2D eigenvalue weighted by molar-refractivity contribution is 6.26. The molecule has 4 aliphatic heterocycles. The molecule has 2 amide bonds. The first-order chi connectivity index (χ1) is 13.2. The topological polar surface area (TPSA) is 65.1 Å². The second-order valence-electron chi connectivity index (χ2n) is 7.38. The Hall–Kier alpha value is -2.54. The first-order valence-electron chi connectivity index (χ1n) is 9.17. The minimum absolute atomic E-state index is 0.212. The van der Waals surface area contributed by atoms with Crippen molar-refractivity contribution in [2.24, 2.45) is 11.8 Å². The summed E-state index contributed by atoms with van der Waals surface area (Å²) in [5.41, 5.74) is -0.391. The number of nitrogens with zero attached hydrogens (tertiary/aromatic N) is 1. The van der Waals surface area contributed by atoms with Gasteiger partial charge in [-0.3, -0.25) is 9.59 Å². The van der Waals surface area contributed by atoms with Gasteiger partial charge in [0.05, 0.1) is 36.8 Å². The Bertz CT molecular complexity index is 1010. The van der Waals surface area contributed by atoms with Gasteiger partial charge in [-0.2, -0.15) is 0 Å². The normalized spacial score (nSPS) is 35.0. The van der Waals surface area contributed by atoms with Crippen molar-refractivity contribution >= 4 is 28.3 Å². The number of carbonyl (C=O) groups excluding carboxylic acids is 2. The minimum atomic E-state index is -1.02. The van der Waals surface area contributed by atoms with Crippen molar-refractivity contribution in [3.8, 4) is 0 Å². The highest BCUT2D eigenvalue weighted by Gasteiger charge is 2.71. The van der Waals surface area contributed by atoms with Crippen LogP contribution in [0.3, 0.4) is 0 Å². The fraction of sp³-hybridized carbons (Fsp3) is 0.333. The summed E-state index contributed by atoms with van der Waals surface area (Å²) in [5.74, 6) is -1.61. The number of amides is 2. The predicted molar refractivity (Wildman–Crippen MR) is 95.9 cm³/mol. The van der Waals surface area contributed by atoms with Crippen molar-refractivity contribution in [2.75, 3.05) is 18.1 Å². The maximum absolute atomic E-state index is 13.5. The molecule has 0 radical (unpaired) electrons. The Morgan fingerprint density at radius 2 is 1.74 bits per heavy atom. The molecule has 6 rings (SSSR count). The van der Waals surface area contributed by atoms with Gasteiger partial charge in [-0.05, 0) is 17.5 Å². The van der Waals surface area contributed by atoms with Gasteiger partial charge >= 0.3 is 0 Å². The molecule has 6 heteroatoms. The third kappa shape index (κ3) is 1.85. The summed E-state index contributed by atoms with van der Waals surface area (Å²) in [6.45, 7) is 0.918. The number of benzene rings is 2. The van der Waals surface area contributed by atoms with Crippen LogP contribution in [0.4, 0.5) is 5.69 Å². The van der Waals surface area contributed by atoms with Crippen LogP contribution in [0.2, 0.25) is 0 Å². The highest BCUT2D eigenvalue weighted by atomic mass is 16.7. The van der Waals surface area contributed by atoms with Gasteiger partial charge in [0.25, 0.3) is 0 Å². The molecule has 4 aliphatic rings. The quantitative estimate of drug-likeness (QED) is 0.603. The van der Waals surface area contributed by atoms with Gasteiger partial charge in [0.2, 0.25) is 11.8 Å². The van der Waals surface area contributed by atoms with E-state index in [0.29, 0.717) is 18.9 Å². The second-order valence-corrected chi connectivity index (χ2v) is 7.38. The molecule has 0 saturated carbocycles. The van der Waals surface area contributed by atoms with Crippen molar-refractivity contribution in [1.29, 1.82) is 0 Å². The lowest BCUT2D eigenvalue weighted by atomic mass is 9.76. The average molecular weight is 363 g/mol. The largest absolute Gasteiger partial charge is 0.357 e. The van der Waals surface area contributed by atoms with Crippen LogP contribution >= 0.6 is 0 Å². The van der Waals surface area contributed by atoms with Crippen LogP contribution in [0.5, 0.6) is 0 Å². The molecule has 136 valence electrons. The zero-order valence-corrected chi connectivity index (χ0v) is 14.4. The van der Waals surface area contributed by atoms with Crippen molar-refractivity contribution in [3.05, 3.63) is 54.6 Å². The van der Waals surface area contributed by atoms with Gasteiger partial charge in [-0.1, -0.05) is 42.5 Å². The van der Waals surface area contributed by atoms with E-state index < -0.39 is 29.8 Å². The molecular formula is C21H17NO5. The molecule has 4 heterocycles. The molecule has 2 aromatic rings. The van der Waals surface area contributed by atoms with Crippen LogP contribution in [-0.4, -0.2) is 43.0 Å². The molecule has 2 aromatic carbocycles. The number of anilines is 1. The van der Waals surface area contributed by atoms with Gasteiger partial charge in [-0.15, -0.1) is 0 Å². The average Bonchev–Trinajstić information content (AvgIpc) is 3.45. The van der Waals surface area contributed by atoms with Crippen molar-refractivity contribution in [3.63, 3.8) is 0 Å². The monoisotopic (exact) mass is 363 g/mol. The molecule has 2 bridgehead atoms. The molecule has 0 aliphatic carbocycles. The number of hydrogen-bond donors (Lipinski definition) is 0. The molecule has 3 fully saturated rings. The van der Waals surface area contributed by atoms with Crippen LogP contribution in [-0.2, 0) is 23.8 Å². The van der Waals surface area contributed by atoms with E-state index in [0.717, 1.165) is 10.8 Å².